The zero-order valence-corrected chi connectivity index (χ0v) is 19.8. The van der Waals surface area contributed by atoms with Crippen molar-refractivity contribution in [1.29, 1.82) is 0 Å². The summed E-state index contributed by atoms with van der Waals surface area (Å²) in [5.41, 5.74) is 3.38. The lowest BCUT2D eigenvalue weighted by Gasteiger charge is -2.32. The van der Waals surface area contributed by atoms with Crippen molar-refractivity contribution in [2.45, 2.75) is 25.6 Å². The van der Waals surface area contributed by atoms with Gasteiger partial charge in [0.2, 0.25) is 0 Å². The normalized spacial score (nSPS) is 15.2. The van der Waals surface area contributed by atoms with Crippen molar-refractivity contribution in [3.05, 3.63) is 77.0 Å². The highest BCUT2D eigenvalue weighted by Gasteiger charge is 2.38. The van der Waals surface area contributed by atoms with Gasteiger partial charge in [-0.15, -0.1) is 0 Å². The lowest BCUT2D eigenvalue weighted by atomic mass is 9.95. The largest absolute Gasteiger partial charge is 0.490 e. The van der Waals surface area contributed by atoms with E-state index >= 15 is 0 Å². The minimum absolute atomic E-state index is 0.162. The van der Waals surface area contributed by atoms with Crippen molar-refractivity contribution >= 4 is 17.4 Å². The van der Waals surface area contributed by atoms with Gasteiger partial charge in [0.1, 0.15) is 0 Å². The number of pyridine rings is 1. The van der Waals surface area contributed by atoms with Crippen LogP contribution in [0.5, 0.6) is 0 Å². The zero-order chi connectivity index (χ0) is 27.9. The number of hydrogen-bond acceptors (Lipinski definition) is 4. The number of aryl methyl sites for hydroxylation is 1. The van der Waals surface area contributed by atoms with Crippen molar-refractivity contribution in [1.82, 2.24) is 24.3 Å². The van der Waals surface area contributed by atoms with E-state index in [1.165, 1.54) is 4.68 Å². The van der Waals surface area contributed by atoms with E-state index in [-0.39, 0.29) is 17.5 Å². The van der Waals surface area contributed by atoms with E-state index in [1.807, 2.05) is 25.1 Å². The van der Waals surface area contributed by atoms with Gasteiger partial charge < -0.3 is 10.0 Å². The first-order valence-corrected chi connectivity index (χ1v) is 11.0. The summed E-state index contributed by atoms with van der Waals surface area (Å²) in [6.45, 7) is 2.27. The standard InChI is InChI=1S/C22H18F3N5O.C2HF3O2/c1-12-20-14(21(28(2)27-20)13-9-16(23)19(25)17(24)10-13)6-8-29(12)22(31)15-11-26-30-7-4-3-5-18(15)30;3-2(4,5)1(6)7/h3-5,7,9-12H,6,8H2,1-2H3;(H,6,7)/t12-;/m0./s1. The van der Waals surface area contributed by atoms with Gasteiger partial charge in [0.15, 0.2) is 17.5 Å². The monoisotopic (exact) mass is 539 g/mol. The van der Waals surface area contributed by atoms with Crippen LogP contribution in [0, 0.1) is 17.5 Å². The highest BCUT2D eigenvalue weighted by atomic mass is 19.4. The van der Waals surface area contributed by atoms with Gasteiger partial charge in [-0.2, -0.15) is 23.4 Å². The molecular formula is C24H19F6N5O3. The number of carbonyl (C=O) groups excluding carboxylic acids is 1. The maximum atomic E-state index is 13.8. The van der Waals surface area contributed by atoms with Crippen LogP contribution >= 0.6 is 0 Å². The Hall–Kier alpha value is -4.36. The first kappa shape index (κ1) is 26.7. The molecule has 0 fully saturated rings. The third kappa shape index (κ3) is 4.80. The summed E-state index contributed by atoms with van der Waals surface area (Å²) >= 11 is 0. The second kappa shape index (κ2) is 9.84. The predicted octanol–water partition coefficient (Wildman–Crippen LogP) is 4.54. The summed E-state index contributed by atoms with van der Waals surface area (Å²) in [6.07, 6.45) is -1.31. The lowest BCUT2D eigenvalue weighted by molar-refractivity contribution is -0.192. The van der Waals surface area contributed by atoms with Gasteiger partial charge in [-0.25, -0.2) is 22.5 Å². The summed E-state index contributed by atoms with van der Waals surface area (Å²) < 4.78 is 76.0. The quantitative estimate of drug-likeness (QED) is 0.298. The molecule has 4 heterocycles. The minimum atomic E-state index is -5.08. The molecule has 0 spiro atoms. The lowest BCUT2D eigenvalue weighted by Crippen LogP contribution is -2.38. The van der Waals surface area contributed by atoms with Gasteiger partial charge >= 0.3 is 12.1 Å². The summed E-state index contributed by atoms with van der Waals surface area (Å²) in [5, 5.41) is 15.9. The van der Waals surface area contributed by atoms with Crippen LogP contribution in [-0.2, 0) is 18.3 Å². The molecule has 38 heavy (non-hydrogen) atoms. The van der Waals surface area contributed by atoms with Crippen molar-refractivity contribution in [3.8, 4) is 11.3 Å². The third-order valence-electron chi connectivity index (χ3n) is 6.06. The Balaban J connectivity index is 0.000000426. The smallest absolute Gasteiger partial charge is 0.475 e. The fourth-order valence-electron chi connectivity index (χ4n) is 4.33. The molecule has 0 saturated carbocycles. The van der Waals surface area contributed by atoms with Gasteiger partial charge in [0.25, 0.3) is 5.91 Å². The van der Waals surface area contributed by atoms with Crippen molar-refractivity contribution in [2.24, 2.45) is 7.05 Å². The van der Waals surface area contributed by atoms with Crippen LogP contribution in [-0.4, -0.2) is 54.0 Å². The Morgan fingerprint density at radius 3 is 2.34 bits per heavy atom. The molecule has 0 bridgehead atoms. The van der Waals surface area contributed by atoms with Crippen LogP contribution < -0.4 is 0 Å². The molecule has 5 rings (SSSR count). The number of aliphatic carboxylic acids is 1. The van der Waals surface area contributed by atoms with E-state index < -0.39 is 29.6 Å². The van der Waals surface area contributed by atoms with Gasteiger partial charge in [0, 0.05) is 30.9 Å². The van der Waals surface area contributed by atoms with E-state index in [4.69, 9.17) is 9.90 Å². The molecule has 1 aliphatic rings. The van der Waals surface area contributed by atoms with Crippen LogP contribution in [0.2, 0.25) is 0 Å². The van der Waals surface area contributed by atoms with Crippen molar-refractivity contribution < 1.29 is 41.0 Å². The van der Waals surface area contributed by atoms with E-state index in [1.54, 1.807) is 28.9 Å². The number of nitrogens with zero attached hydrogens (tertiary/aromatic N) is 5. The molecule has 0 radical (unpaired) electrons. The Bertz CT molecular complexity index is 1520. The van der Waals surface area contributed by atoms with E-state index in [2.05, 4.69) is 10.2 Å². The number of benzene rings is 1. The molecule has 1 N–H and O–H groups in total. The maximum Gasteiger partial charge on any atom is 0.490 e. The molecule has 1 amide bonds. The number of rotatable bonds is 2. The Morgan fingerprint density at radius 1 is 1.11 bits per heavy atom. The molecule has 8 nitrogen and oxygen atoms in total. The summed E-state index contributed by atoms with van der Waals surface area (Å²) in [4.78, 5) is 23.9. The third-order valence-corrected chi connectivity index (χ3v) is 6.06. The number of carbonyl (C=O) groups is 2. The topological polar surface area (TPSA) is 92.7 Å². The molecule has 3 aromatic heterocycles. The Labute approximate surface area is 210 Å². The van der Waals surface area contributed by atoms with Crippen LogP contribution in [0.15, 0.2) is 42.7 Å². The number of hydrogen-bond donors (Lipinski definition) is 1. The second-order valence-electron chi connectivity index (χ2n) is 8.41. The van der Waals surface area contributed by atoms with Crippen LogP contribution in [0.3, 0.4) is 0 Å². The van der Waals surface area contributed by atoms with Crippen LogP contribution in [0.1, 0.15) is 34.6 Å². The summed E-state index contributed by atoms with van der Waals surface area (Å²) in [7, 11) is 1.66. The predicted molar refractivity (Wildman–Crippen MR) is 121 cm³/mol. The number of fused-ring (bicyclic) bond motifs is 2. The molecule has 0 unspecified atom stereocenters. The molecular weight excluding hydrogens is 520 g/mol. The molecule has 0 aliphatic carbocycles. The highest BCUT2D eigenvalue weighted by molar-refractivity contribution is 6.01. The molecule has 0 saturated heterocycles. The zero-order valence-electron chi connectivity index (χ0n) is 19.8. The summed E-state index contributed by atoms with van der Waals surface area (Å²) in [5.74, 6) is -6.92. The molecule has 1 atom stereocenters. The SMILES string of the molecule is C[C@H]1c2nn(C)c(-c3cc(F)c(F)c(F)c3)c2CCN1C(=O)c1cnn2ccccc12.O=C(O)C(F)(F)F. The number of carboxylic acids is 1. The molecule has 200 valence electrons. The van der Waals surface area contributed by atoms with Gasteiger partial charge in [0.05, 0.1) is 34.7 Å². The van der Waals surface area contributed by atoms with Crippen LogP contribution in [0.4, 0.5) is 26.3 Å². The second-order valence-corrected chi connectivity index (χ2v) is 8.41. The molecule has 1 aromatic carbocycles. The number of carboxylic acid groups (broad SMARTS) is 1. The van der Waals surface area contributed by atoms with Crippen LogP contribution in [0.25, 0.3) is 16.8 Å². The number of halogens is 6. The minimum Gasteiger partial charge on any atom is -0.475 e. The summed E-state index contributed by atoms with van der Waals surface area (Å²) in [6, 6.07) is 7.09. The highest BCUT2D eigenvalue weighted by Crippen LogP contribution is 2.37. The first-order chi connectivity index (χ1) is 17.8. The molecule has 4 aromatic rings. The van der Waals surface area contributed by atoms with E-state index in [9.17, 15) is 31.1 Å². The Morgan fingerprint density at radius 2 is 1.74 bits per heavy atom. The van der Waals surface area contributed by atoms with Gasteiger partial charge in [-0.1, -0.05) is 6.07 Å². The number of amides is 1. The number of alkyl halides is 3. The molecule has 1 aliphatic heterocycles. The van der Waals surface area contributed by atoms with E-state index in [0.29, 0.717) is 35.4 Å². The number of aromatic nitrogens is 4. The van der Waals surface area contributed by atoms with Gasteiger partial charge in [-0.3, -0.25) is 9.48 Å². The fraction of sp³-hybridized carbons (Fsp3) is 0.250. The average Bonchev–Trinajstić information content (AvgIpc) is 3.43. The van der Waals surface area contributed by atoms with Gasteiger partial charge in [-0.05, 0) is 37.6 Å². The average molecular weight is 539 g/mol. The Kier molecular flexibility index (Phi) is 6.91. The maximum absolute atomic E-state index is 13.8. The first-order valence-electron chi connectivity index (χ1n) is 11.0. The molecule has 14 heteroatoms. The van der Waals surface area contributed by atoms with E-state index in [0.717, 1.165) is 17.7 Å². The fourth-order valence-corrected chi connectivity index (χ4v) is 4.33. The van der Waals surface area contributed by atoms with Crippen molar-refractivity contribution in [2.75, 3.05) is 6.54 Å². The van der Waals surface area contributed by atoms with Crippen molar-refractivity contribution in [3.63, 3.8) is 0 Å².